The summed E-state index contributed by atoms with van der Waals surface area (Å²) in [7, 11) is 0. The van der Waals surface area contributed by atoms with Crippen LogP contribution in [0.25, 0.3) is 109 Å². The average Bonchev–Trinajstić information content (AvgIpc) is 3.95. The molecular formula is C51H31N5S. The molecule has 12 rings (SSSR count). The van der Waals surface area contributed by atoms with Gasteiger partial charge in [-0.2, -0.15) is 0 Å². The summed E-state index contributed by atoms with van der Waals surface area (Å²) in [5, 5.41) is 7.16. The molecule has 8 aromatic carbocycles. The topological polar surface area (TPSA) is 48.5 Å². The summed E-state index contributed by atoms with van der Waals surface area (Å²) in [6, 6.07) is 66.6. The first-order valence-corrected chi connectivity index (χ1v) is 19.9. The molecule has 5 nitrogen and oxygen atoms in total. The van der Waals surface area contributed by atoms with E-state index in [-0.39, 0.29) is 0 Å². The number of hydrogen-bond acceptors (Lipinski definition) is 4. The van der Waals surface area contributed by atoms with Crippen molar-refractivity contribution in [1.82, 2.24) is 24.1 Å². The molecule has 0 spiro atoms. The average molecular weight is 746 g/mol. The van der Waals surface area contributed by atoms with Crippen LogP contribution in [0.2, 0.25) is 0 Å². The van der Waals surface area contributed by atoms with E-state index in [1.54, 1.807) is 11.3 Å². The van der Waals surface area contributed by atoms with Gasteiger partial charge in [0.05, 0.1) is 27.8 Å². The Bertz CT molecular complexity index is 3520. The van der Waals surface area contributed by atoms with Crippen LogP contribution in [0.15, 0.2) is 188 Å². The maximum Gasteiger partial charge on any atom is 0.166 e. The molecular weight excluding hydrogens is 715 g/mol. The fourth-order valence-corrected chi connectivity index (χ4v) is 9.94. The Morgan fingerprint density at radius 2 is 0.877 bits per heavy atom. The molecule has 4 heterocycles. The number of thiophene rings is 1. The van der Waals surface area contributed by atoms with Crippen LogP contribution in [-0.2, 0) is 0 Å². The number of nitrogens with zero attached hydrogens (tertiary/aromatic N) is 5. The Hall–Kier alpha value is -7.41. The molecule has 0 radical (unpaired) electrons. The van der Waals surface area contributed by atoms with E-state index in [1.807, 2.05) is 18.2 Å². The fraction of sp³-hybridized carbons (Fsp3) is 0. The van der Waals surface area contributed by atoms with Crippen LogP contribution >= 0.6 is 11.3 Å². The molecule has 0 aliphatic heterocycles. The zero-order chi connectivity index (χ0) is 37.5. The van der Waals surface area contributed by atoms with Crippen molar-refractivity contribution in [1.29, 1.82) is 0 Å². The Morgan fingerprint density at radius 1 is 0.351 bits per heavy atom. The van der Waals surface area contributed by atoms with E-state index in [4.69, 9.17) is 15.0 Å². The Labute approximate surface area is 331 Å². The van der Waals surface area contributed by atoms with Gasteiger partial charge in [0.2, 0.25) is 0 Å². The van der Waals surface area contributed by atoms with Crippen molar-refractivity contribution in [2.75, 3.05) is 0 Å². The number of fused-ring (bicyclic) bond motifs is 9. The van der Waals surface area contributed by atoms with Crippen LogP contribution in [-0.4, -0.2) is 24.1 Å². The number of benzene rings is 8. The van der Waals surface area contributed by atoms with Crippen molar-refractivity contribution in [3.05, 3.63) is 188 Å². The summed E-state index contributed by atoms with van der Waals surface area (Å²) < 4.78 is 7.25. The van der Waals surface area contributed by atoms with E-state index in [0.29, 0.717) is 17.5 Å². The molecule has 0 aliphatic carbocycles. The number of para-hydroxylation sites is 5. The highest BCUT2D eigenvalue weighted by atomic mass is 32.1. The molecule has 0 saturated heterocycles. The van der Waals surface area contributed by atoms with Gasteiger partial charge in [0.25, 0.3) is 0 Å². The van der Waals surface area contributed by atoms with Gasteiger partial charge >= 0.3 is 0 Å². The van der Waals surface area contributed by atoms with Gasteiger partial charge < -0.3 is 9.13 Å². The molecule has 266 valence electrons. The molecule has 0 saturated carbocycles. The SMILES string of the molecule is c1ccc(-c2nc(-c3cccc4c3sc3ccccc34)nc(-c3cccc4c5ccccc5n(-c5cccc6c7ccccc7n(-c7ccccc7)c56)c34)n2)cc1. The monoisotopic (exact) mass is 745 g/mol. The Kier molecular flexibility index (Phi) is 7.03. The van der Waals surface area contributed by atoms with Gasteiger partial charge in [0.15, 0.2) is 17.5 Å². The van der Waals surface area contributed by atoms with Gasteiger partial charge in [-0.15, -0.1) is 11.3 Å². The summed E-state index contributed by atoms with van der Waals surface area (Å²) in [5.74, 6) is 1.92. The predicted octanol–water partition coefficient (Wildman–Crippen LogP) is 13.4. The third-order valence-electron chi connectivity index (χ3n) is 11.2. The lowest BCUT2D eigenvalue weighted by Gasteiger charge is -2.16. The first kappa shape index (κ1) is 31.9. The molecule has 4 aromatic heterocycles. The van der Waals surface area contributed by atoms with E-state index in [9.17, 15) is 0 Å². The van der Waals surface area contributed by atoms with Crippen molar-refractivity contribution in [2.24, 2.45) is 0 Å². The largest absolute Gasteiger partial charge is 0.307 e. The summed E-state index contributed by atoms with van der Waals surface area (Å²) in [4.78, 5) is 15.9. The Morgan fingerprint density at radius 3 is 1.63 bits per heavy atom. The van der Waals surface area contributed by atoms with Crippen LogP contribution in [0.1, 0.15) is 0 Å². The second-order valence-corrected chi connectivity index (χ2v) is 15.4. The zero-order valence-corrected chi connectivity index (χ0v) is 31.4. The fourth-order valence-electron chi connectivity index (χ4n) is 8.73. The van der Waals surface area contributed by atoms with Crippen molar-refractivity contribution in [2.45, 2.75) is 0 Å². The molecule has 0 unspecified atom stereocenters. The van der Waals surface area contributed by atoms with Gasteiger partial charge in [-0.25, -0.2) is 15.0 Å². The van der Waals surface area contributed by atoms with Crippen LogP contribution in [0.3, 0.4) is 0 Å². The van der Waals surface area contributed by atoms with Gasteiger partial charge in [0.1, 0.15) is 0 Å². The van der Waals surface area contributed by atoms with E-state index in [2.05, 4.69) is 179 Å². The van der Waals surface area contributed by atoms with Gasteiger partial charge in [-0.3, -0.25) is 0 Å². The standard InChI is InChI=1S/C51H31N5S/c1-3-16-32(17-4-1)49-52-50(54-51(53-49)41-27-14-25-39-36-22-9-12-31-45(36)57-48(39)41)40-26-13-23-37-34-20-8-11-29-43(34)56(46(37)40)44-30-15-24-38-35-21-7-10-28-42(35)55(47(38)44)33-18-5-2-6-19-33/h1-31H. The van der Waals surface area contributed by atoms with E-state index in [0.717, 1.165) is 55.5 Å². The van der Waals surface area contributed by atoms with Gasteiger partial charge in [-0.05, 0) is 48.5 Å². The predicted molar refractivity (Wildman–Crippen MR) is 238 cm³/mol. The van der Waals surface area contributed by atoms with Crippen molar-refractivity contribution in [3.8, 4) is 45.5 Å². The summed E-state index contributed by atoms with van der Waals surface area (Å²) in [5.41, 5.74) is 9.54. The normalized spacial score (nSPS) is 11.9. The number of rotatable bonds is 5. The van der Waals surface area contributed by atoms with Crippen LogP contribution in [0.5, 0.6) is 0 Å². The first-order chi connectivity index (χ1) is 28.3. The number of hydrogen-bond donors (Lipinski definition) is 0. The molecule has 6 heteroatoms. The summed E-state index contributed by atoms with van der Waals surface area (Å²) >= 11 is 1.79. The minimum atomic E-state index is 0.627. The van der Waals surface area contributed by atoms with Gasteiger partial charge in [0, 0.05) is 64.1 Å². The quantitative estimate of drug-likeness (QED) is 0.176. The lowest BCUT2D eigenvalue weighted by molar-refractivity contribution is 1.07. The second-order valence-electron chi connectivity index (χ2n) is 14.4. The third kappa shape index (κ3) is 4.84. The van der Waals surface area contributed by atoms with Gasteiger partial charge in [-0.1, -0.05) is 140 Å². The summed E-state index contributed by atoms with van der Waals surface area (Å²) in [6.45, 7) is 0. The zero-order valence-electron chi connectivity index (χ0n) is 30.5. The highest BCUT2D eigenvalue weighted by molar-refractivity contribution is 7.26. The highest BCUT2D eigenvalue weighted by Crippen LogP contribution is 2.43. The van der Waals surface area contributed by atoms with Crippen LogP contribution in [0, 0.1) is 0 Å². The lowest BCUT2D eigenvalue weighted by Crippen LogP contribution is -2.03. The molecule has 0 bridgehead atoms. The maximum absolute atomic E-state index is 5.40. The third-order valence-corrected chi connectivity index (χ3v) is 12.4. The van der Waals surface area contributed by atoms with Crippen LogP contribution in [0.4, 0.5) is 0 Å². The molecule has 57 heavy (non-hydrogen) atoms. The number of aromatic nitrogens is 5. The van der Waals surface area contributed by atoms with E-state index in [1.165, 1.54) is 36.3 Å². The minimum absolute atomic E-state index is 0.627. The molecule has 0 aliphatic rings. The molecule has 0 atom stereocenters. The van der Waals surface area contributed by atoms with Crippen molar-refractivity contribution in [3.63, 3.8) is 0 Å². The van der Waals surface area contributed by atoms with E-state index >= 15 is 0 Å². The maximum atomic E-state index is 5.40. The van der Waals surface area contributed by atoms with E-state index < -0.39 is 0 Å². The molecule has 0 amide bonds. The summed E-state index contributed by atoms with van der Waals surface area (Å²) in [6.07, 6.45) is 0. The molecule has 12 aromatic rings. The minimum Gasteiger partial charge on any atom is -0.307 e. The second kappa shape index (κ2) is 12.6. The highest BCUT2D eigenvalue weighted by Gasteiger charge is 2.24. The molecule has 0 N–H and O–H groups in total. The van der Waals surface area contributed by atoms with Crippen molar-refractivity contribution < 1.29 is 0 Å². The smallest absolute Gasteiger partial charge is 0.166 e. The molecule has 0 fully saturated rings. The first-order valence-electron chi connectivity index (χ1n) is 19.1. The lowest BCUT2D eigenvalue weighted by atomic mass is 10.1. The Balaban J connectivity index is 1.19. The van der Waals surface area contributed by atoms with Crippen molar-refractivity contribution >= 4 is 75.1 Å². The van der Waals surface area contributed by atoms with Crippen LogP contribution < -0.4 is 0 Å².